The van der Waals surface area contributed by atoms with Gasteiger partial charge < -0.3 is 10.5 Å². The first kappa shape index (κ1) is 14.5. The van der Waals surface area contributed by atoms with Gasteiger partial charge in [0.2, 0.25) is 0 Å². The van der Waals surface area contributed by atoms with Crippen LogP contribution in [0.1, 0.15) is 24.9 Å². The summed E-state index contributed by atoms with van der Waals surface area (Å²) in [6.07, 6.45) is 1.26. The van der Waals surface area contributed by atoms with Gasteiger partial charge in [-0.25, -0.2) is 0 Å². The highest BCUT2D eigenvalue weighted by molar-refractivity contribution is 5.86. The summed E-state index contributed by atoms with van der Waals surface area (Å²) in [5.74, 6) is 0. The Morgan fingerprint density at radius 1 is 1.24 bits per heavy atom. The van der Waals surface area contributed by atoms with Gasteiger partial charge in [-0.2, -0.15) is 0 Å². The molecule has 1 aliphatic heterocycles. The summed E-state index contributed by atoms with van der Waals surface area (Å²) in [6.45, 7) is 6.07. The van der Waals surface area contributed by atoms with Crippen LogP contribution in [0.4, 0.5) is 0 Å². The van der Waals surface area contributed by atoms with E-state index in [1.165, 1.54) is 22.8 Å². The van der Waals surface area contributed by atoms with Crippen LogP contribution in [0, 0.1) is 0 Å². The number of nitrogens with two attached hydrogens (primary N) is 1. The van der Waals surface area contributed by atoms with Gasteiger partial charge in [0.1, 0.15) is 0 Å². The molecule has 0 spiro atoms. The van der Waals surface area contributed by atoms with Gasteiger partial charge in [0.25, 0.3) is 0 Å². The molecule has 2 aromatic carbocycles. The maximum Gasteiger partial charge on any atom is 0.0895 e. The van der Waals surface area contributed by atoms with Crippen LogP contribution in [0.5, 0.6) is 0 Å². The summed E-state index contributed by atoms with van der Waals surface area (Å²) in [4.78, 5) is 2.46. The molecule has 1 heterocycles. The molecule has 2 N–H and O–H groups in total. The Bertz CT molecular complexity index is 591. The lowest BCUT2D eigenvalue weighted by Crippen LogP contribution is -2.47. The number of fused-ring (bicyclic) bond motifs is 1. The zero-order valence-corrected chi connectivity index (χ0v) is 12.7. The standard InChI is InChI=1S/C18H24N2O/c1-2-10-20-11-12-21-17(13-20)18(19)16-9-5-7-14-6-3-4-8-15(14)16/h3-9,17-18H,2,10-13,19H2,1H3. The van der Waals surface area contributed by atoms with Crippen LogP contribution in [-0.4, -0.2) is 37.2 Å². The fraction of sp³-hybridized carbons (Fsp3) is 0.444. The van der Waals surface area contributed by atoms with Crippen LogP contribution in [0.3, 0.4) is 0 Å². The van der Waals surface area contributed by atoms with Gasteiger partial charge >= 0.3 is 0 Å². The normalized spacial score (nSPS) is 21.5. The van der Waals surface area contributed by atoms with E-state index >= 15 is 0 Å². The molecule has 3 nitrogen and oxygen atoms in total. The summed E-state index contributed by atoms with van der Waals surface area (Å²) in [7, 11) is 0. The Hall–Kier alpha value is -1.42. The second kappa shape index (κ2) is 6.56. The summed E-state index contributed by atoms with van der Waals surface area (Å²) in [6, 6.07) is 14.7. The number of benzene rings is 2. The third kappa shape index (κ3) is 3.10. The van der Waals surface area contributed by atoms with E-state index in [2.05, 4.69) is 54.3 Å². The van der Waals surface area contributed by atoms with Crippen molar-refractivity contribution < 1.29 is 4.74 Å². The average molecular weight is 284 g/mol. The zero-order valence-electron chi connectivity index (χ0n) is 12.7. The summed E-state index contributed by atoms with van der Waals surface area (Å²) >= 11 is 0. The minimum absolute atomic E-state index is 0.0734. The van der Waals surface area contributed by atoms with Gasteiger partial charge in [-0.1, -0.05) is 49.4 Å². The predicted octanol–water partition coefficient (Wildman–Crippen LogP) is 2.95. The second-order valence-corrected chi connectivity index (χ2v) is 5.80. The molecule has 0 radical (unpaired) electrons. The molecule has 1 aliphatic rings. The molecule has 0 saturated carbocycles. The summed E-state index contributed by atoms with van der Waals surface area (Å²) in [5, 5.41) is 2.48. The predicted molar refractivity (Wildman–Crippen MR) is 87.3 cm³/mol. The van der Waals surface area contributed by atoms with Crippen molar-refractivity contribution in [3.05, 3.63) is 48.0 Å². The Labute approximate surface area is 126 Å². The first-order chi connectivity index (χ1) is 10.3. The molecular formula is C18H24N2O. The van der Waals surface area contributed by atoms with E-state index in [4.69, 9.17) is 10.5 Å². The molecular weight excluding hydrogens is 260 g/mol. The molecule has 0 aromatic heterocycles. The molecule has 0 amide bonds. The molecule has 0 bridgehead atoms. The van der Waals surface area contributed by atoms with Gasteiger partial charge in [0.15, 0.2) is 0 Å². The highest BCUT2D eigenvalue weighted by Crippen LogP contribution is 2.27. The monoisotopic (exact) mass is 284 g/mol. The van der Waals surface area contributed by atoms with Crippen molar-refractivity contribution >= 4 is 10.8 Å². The Morgan fingerprint density at radius 2 is 2.05 bits per heavy atom. The number of hydrogen-bond donors (Lipinski definition) is 1. The molecule has 3 heteroatoms. The van der Waals surface area contributed by atoms with Gasteiger partial charge in [0.05, 0.1) is 18.8 Å². The lowest BCUT2D eigenvalue weighted by molar-refractivity contribution is -0.0405. The Kier molecular flexibility index (Phi) is 4.54. The molecule has 1 fully saturated rings. The molecule has 112 valence electrons. The van der Waals surface area contributed by atoms with E-state index < -0.39 is 0 Å². The van der Waals surface area contributed by atoms with Gasteiger partial charge in [-0.15, -0.1) is 0 Å². The molecule has 21 heavy (non-hydrogen) atoms. The third-order valence-corrected chi connectivity index (χ3v) is 4.30. The van der Waals surface area contributed by atoms with Crippen LogP contribution >= 0.6 is 0 Å². The van der Waals surface area contributed by atoms with Crippen molar-refractivity contribution in [1.82, 2.24) is 4.90 Å². The largest absolute Gasteiger partial charge is 0.374 e. The van der Waals surface area contributed by atoms with E-state index in [1.807, 2.05) is 0 Å². The third-order valence-electron chi connectivity index (χ3n) is 4.30. The number of nitrogens with zero attached hydrogens (tertiary/aromatic N) is 1. The summed E-state index contributed by atoms with van der Waals surface area (Å²) < 4.78 is 5.95. The van der Waals surface area contributed by atoms with E-state index in [1.54, 1.807) is 0 Å². The number of ether oxygens (including phenoxy) is 1. The molecule has 3 rings (SSSR count). The smallest absolute Gasteiger partial charge is 0.0895 e. The van der Waals surface area contributed by atoms with Crippen molar-refractivity contribution in [2.45, 2.75) is 25.5 Å². The zero-order chi connectivity index (χ0) is 14.7. The van der Waals surface area contributed by atoms with E-state index in [-0.39, 0.29) is 12.1 Å². The maximum atomic E-state index is 6.54. The number of rotatable bonds is 4. The highest BCUT2D eigenvalue weighted by atomic mass is 16.5. The minimum atomic E-state index is -0.0734. The SMILES string of the molecule is CCCN1CCOC(C(N)c2cccc3ccccc23)C1. The molecule has 0 aliphatic carbocycles. The average Bonchev–Trinajstić information content (AvgIpc) is 2.54. The molecule has 2 atom stereocenters. The Balaban J connectivity index is 1.84. The van der Waals surface area contributed by atoms with Crippen LogP contribution in [0.25, 0.3) is 10.8 Å². The van der Waals surface area contributed by atoms with Crippen molar-refractivity contribution in [3.8, 4) is 0 Å². The quantitative estimate of drug-likeness (QED) is 0.938. The van der Waals surface area contributed by atoms with E-state index in [9.17, 15) is 0 Å². The van der Waals surface area contributed by atoms with E-state index in [0.717, 1.165) is 26.2 Å². The van der Waals surface area contributed by atoms with Crippen molar-refractivity contribution in [2.24, 2.45) is 5.73 Å². The topological polar surface area (TPSA) is 38.5 Å². The highest BCUT2D eigenvalue weighted by Gasteiger charge is 2.27. The van der Waals surface area contributed by atoms with Crippen LogP contribution < -0.4 is 5.73 Å². The maximum absolute atomic E-state index is 6.54. The first-order valence-electron chi connectivity index (χ1n) is 7.87. The van der Waals surface area contributed by atoms with Crippen LogP contribution in [0.15, 0.2) is 42.5 Å². The van der Waals surface area contributed by atoms with Crippen LogP contribution in [-0.2, 0) is 4.74 Å². The first-order valence-corrected chi connectivity index (χ1v) is 7.87. The fourth-order valence-electron chi connectivity index (χ4n) is 3.21. The van der Waals surface area contributed by atoms with Crippen LogP contribution in [0.2, 0.25) is 0 Å². The van der Waals surface area contributed by atoms with Crippen molar-refractivity contribution in [3.63, 3.8) is 0 Å². The van der Waals surface area contributed by atoms with Gasteiger partial charge in [0, 0.05) is 13.1 Å². The minimum Gasteiger partial charge on any atom is -0.374 e. The summed E-state index contributed by atoms with van der Waals surface area (Å²) in [5.41, 5.74) is 7.73. The van der Waals surface area contributed by atoms with E-state index in [0.29, 0.717) is 0 Å². The lowest BCUT2D eigenvalue weighted by Gasteiger charge is -2.36. The molecule has 2 aromatic rings. The van der Waals surface area contributed by atoms with Crippen molar-refractivity contribution in [1.29, 1.82) is 0 Å². The number of hydrogen-bond acceptors (Lipinski definition) is 3. The fourth-order valence-corrected chi connectivity index (χ4v) is 3.21. The van der Waals surface area contributed by atoms with Gasteiger partial charge in [-0.05, 0) is 29.3 Å². The second-order valence-electron chi connectivity index (χ2n) is 5.80. The Morgan fingerprint density at radius 3 is 2.90 bits per heavy atom. The lowest BCUT2D eigenvalue weighted by atomic mass is 9.95. The molecule has 1 saturated heterocycles. The molecule has 2 unspecified atom stereocenters. The number of morpholine rings is 1. The van der Waals surface area contributed by atoms with Gasteiger partial charge in [-0.3, -0.25) is 4.90 Å². The van der Waals surface area contributed by atoms with Crippen molar-refractivity contribution in [2.75, 3.05) is 26.2 Å².